The Morgan fingerprint density at radius 3 is 2.48 bits per heavy atom. The zero-order chi connectivity index (χ0) is 24.2. The van der Waals surface area contributed by atoms with Crippen molar-refractivity contribution in [3.05, 3.63) is 80.0 Å². The minimum atomic E-state index is -4.55. The number of aromatic hydroxyl groups is 1. The van der Waals surface area contributed by atoms with E-state index in [2.05, 4.69) is 9.98 Å². The minimum absolute atomic E-state index is 0.00132. The molecule has 0 saturated heterocycles. The van der Waals surface area contributed by atoms with Crippen LogP contribution in [0, 0.1) is 0 Å². The summed E-state index contributed by atoms with van der Waals surface area (Å²) in [7, 11) is 2.98. The fourth-order valence-electron chi connectivity index (χ4n) is 3.08. The van der Waals surface area contributed by atoms with Gasteiger partial charge in [-0.2, -0.15) is 13.2 Å². The Kier molecular flexibility index (Phi) is 6.90. The lowest BCUT2D eigenvalue weighted by Gasteiger charge is -2.12. The maximum Gasteiger partial charge on any atom is 0.416 e. The van der Waals surface area contributed by atoms with E-state index in [1.807, 2.05) is 0 Å². The molecule has 33 heavy (non-hydrogen) atoms. The Morgan fingerprint density at radius 2 is 1.82 bits per heavy atom. The molecule has 0 fully saturated rings. The number of rotatable bonds is 7. The largest absolute Gasteiger partial charge is 0.494 e. The molecule has 0 aliphatic carbocycles. The maximum absolute atomic E-state index is 12.9. The van der Waals surface area contributed by atoms with Crippen LogP contribution in [0.15, 0.2) is 57.0 Å². The smallest absolute Gasteiger partial charge is 0.416 e. The third-order valence-corrected chi connectivity index (χ3v) is 4.80. The van der Waals surface area contributed by atoms with Crippen LogP contribution in [-0.4, -0.2) is 35.1 Å². The van der Waals surface area contributed by atoms with Crippen LogP contribution in [-0.2, 0) is 19.1 Å². The molecule has 2 N–H and O–H groups in total. The van der Waals surface area contributed by atoms with Crippen molar-refractivity contribution in [2.24, 2.45) is 4.99 Å². The minimum Gasteiger partial charge on any atom is -0.494 e. The Bertz CT molecular complexity index is 1300. The first-order valence-corrected chi connectivity index (χ1v) is 9.62. The first-order chi connectivity index (χ1) is 15.6. The second-order valence-corrected chi connectivity index (χ2v) is 6.89. The predicted molar refractivity (Wildman–Crippen MR) is 115 cm³/mol. The summed E-state index contributed by atoms with van der Waals surface area (Å²) in [6.07, 6.45) is -3.34. The first-order valence-electron chi connectivity index (χ1n) is 9.62. The van der Waals surface area contributed by atoms with Gasteiger partial charge in [-0.15, -0.1) is 0 Å². The lowest BCUT2D eigenvalue weighted by atomic mass is 10.1. The Balaban J connectivity index is 1.89. The van der Waals surface area contributed by atoms with Crippen LogP contribution in [0.4, 0.5) is 18.9 Å². The van der Waals surface area contributed by atoms with E-state index < -0.39 is 28.9 Å². The number of hydrogen-bond acceptors (Lipinski definition) is 6. The number of alkyl halides is 3. The maximum atomic E-state index is 12.9. The summed E-state index contributed by atoms with van der Waals surface area (Å²) in [6, 6.07) is 9.32. The number of H-pyrrole nitrogens is 1. The zero-order valence-corrected chi connectivity index (χ0v) is 17.6. The van der Waals surface area contributed by atoms with Crippen LogP contribution in [0.2, 0.25) is 0 Å². The lowest BCUT2D eigenvalue weighted by molar-refractivity contribution is -0.137. The van der Waals surface area contributed by atoms with E-state index >= 15 is 0 Å². The van der Waals surface area contributed by atoms with Gasteiger partial charge in [0, 0.05) is 12.8 Å². The molecule has 0 atom stereocenters. The van der Waals surface area contributed by atoms with Crippen molar-refractivity contribution in [2.75, 3.05) is 14.2 Å². The van der Waals surface area contributed by atoms with E-state index in [4.69, 9.17) is 9.47 Å². The van der Waals surface area contributed by atoms with E-state index in [1.165, 1.54) is 26.4 Å². The first kappa shape index (κ1) is 23.6. The second kappa shape index (κ2) is 9.63. The average molecular weight is 463 g/mol. The van der Waals surface area contributed by atoms with Crippen LogP contribution in [0.25, 0.3) is 0 Å². The average Bonchev–Trinajstić information content (AvgIpc) is 2.78. The SMILES string of the molecule is COc1ccc(CCn2c(O)c(C=Nc3cccc(C(F)(F)F)c3)c(=O)[nH]c2=O)cc1OC. The van der Waals surface area contributed by atoms with Crippen molar-refractivity contribution in [1.82, 2.24) is 9.55 Å². The Morgan fingerprint density at radius 1 is 1.09 bits per heavy atom. The van der Waals surface area contributed by atoms with E-state index in [1.54, 1.807) is 18.2 Å². The molecule has 0 radical (unpaired) electrons. The fourth-order valence-corrected chi connectivity index (χ4v) is 3.08. The number of nitrogens with zero attached hydrogens (tertiary/aromatic N) is 2. The van der Waals surface area contributed by atoms with Gasteiger partial charge in [-0.1, -0.05) is 12.1 Å². The van der Waals surface area contributed by atoms with Crippen LogP contribution in [0.3, 0.4) is 0 Å². The van der Waals surface area contributed by atoms with Crippen LogP contribution < -0.4 is 20.7 Å². The molecule has 0 aliphatic rings. The van der Waals surface area contributed by atoms with Crippen molar-refractivity contribution >= 4 is 11.9 Å². The number of aromatic amines is 1. The van der Waals surface area contributed by atoms with Crippen LogP contribution in [0.1, 0.15) is 16.7 Å². The van der Waals surface area contributed by atoms with Crippen molar-refractivity contribution in [3.8, 4) is 17.4 Å². The van der Waals surface area contributed by atoms with E-state index in [9.17, 15) is 27.9 Å². The molecule has 174 valence electrons. The quantitative estimate of drug-likeness (QED) is 0.523. The van der Waals surface area contributed by atoms with Crippen LogP contribution in [0.5, 0.6) is 17.4 Å². The number of methoxy groups -OCH3 is 2. The molecule has 3 aromatic rings. The van der Waals surface area contributed by atoms with Gasteiger partial charge >= 0.3 is 11.9 Å². The van der Waals surface area contributed by atoms with Crippen molar-refractivity contribution in [2.45, 2.75) is 19.1 Å². The van der Waals surface area contributed by atoms with Gasteiger partial charge < -0.3 is 14.6 Å². The highest BCUT2D eigenvalue weighted by molar-refractivity contribution is 5.84. The molecule has 0 saturated carbocycles. The summed E-state index contributed by atoms with van der Waals surface area (Å²) in [5.41, 5.74) is -2.34. The molecule has 11 heteroatoms. The van der Waals surface area contributed by atoms with Crippen molar-refractivity contribution < 1.29 is 27.8 Å². The molecule has 8 nitrogen and oxygen atoms in total. The van der Waals surface area contributed by atoms with E-state index in [0.29, 0.717) is 17.9 Å². The number of aliphatic imine (C=N–C) groups is 1. The third-order valence-electron chi connectivity index (χ3n) is 4.80. The molecule has 1 heterocycles. The topological polar surface area (TPSA) is 106 Å². The summed E-state index contributed by atoms with van der Waals surface area (Å²) in [6.45, 7) is 0.00132. The van der Waals surface area contributed by atoms with Gasteiger partial charge in [0.05, 0.1) is 25.5 Å². The molecule has 2 aromatic carbocycles. The van der Waals surface area contributed by atoms with Gasteiger partial charge in [0.1, 0.15) is 5.56 Å². The highest BCUT2D eigenvalue weighted by atomic mass is 19.4. The Labute approximate surface area is 185 Å². The summed E-state index contributed by atoms with van der Waals surface area (Å²) in [5, 5.41) is 10.5. The number of aryl methyl sites for hydroxylation is 1. The van der Waals surface area contributed by atoms with Gasteiger partial charge in [-0.3, -0.25) is 19.3 Å². The second-order valence-electron chi connectivity index (χ2n) is 6.89. The number of nitrogens with one attached hydrogen (secondary N) is 1. The number of ether oxygens (including phenoxy) is 2. The molecule has 0 spiro atoms. The normalized spacial score (nSPS) is 11.7. The molecular weight excluding hydrogens is 443 g/mol. The molecule has 1 aromatic heterocycles. The summed E-state index contributed by atoms with van der Waals surface area (Å²) in [4.78, 5) is 30.3. The molecule has 0 bridgehead atoms. The van der Waals surface area contributed by atoms with E-state index in [-0.39, 0.29) is 17.8 Å². The van der Waals surface area contributed by atoms with Gasteiger partial charge in [0.2, 0.25) is 5.88 Å². The zero-order valence-electron chi connectivity index (χ0n) is 17.6. The van der Waals surface area contributed by atoms with Crippen molar-refractivity contribution in [3.63, 3.8) is 0 Å². The standard InChI is InChI=1S/C22H20F3N3O5/c1-32-17-7-6-13(10-18(17)33-2)8-9-28-20(30)16(19(29)27-21(28)31)12-26-15-5-3-4-14(11-15)22(23,24)25/h3-7,10-12,30H,8-9H2,1-2H3,(H,27,29,31). The fraction of sp³-hybridized carbons (Fsp3) is 0.227. The molecular formula is C22H20F3N3O5. The highest BCUT2D eigenvalue weighted by Gasteiger charge is 2.30. The van der Waals surface area contributed by atoms with Gasteiger partial charge in [-0.05, 0) is 42.3 Å². The predicted octanol–water partition coefficient (Wildman–Crippen LogP) is 3.27. The van der Waals surface area contributed by atoms with Gasteiger partial charge in [0.15, 0.2) is 11.5 Å². The molecule has 0 aliphatic heterocycles. The Hall–Kier alpha value is -4.02. The van der Waals surface area contributed by atoms with Gasteiger partial charge in [0.25, 0.3) is 5.56 Å². The van der Waals surface area contributed by atoms with Gasteiger partial charge in [-0.25, -0.2) is 4.79 Å². The molecule has 0 unspecified atom stereocenters. The monoisotopic (exact) mass is 463 g/mol. The molecule has 3 rings (SSSR count). The summed E-state index contributed by atoms with van der Waals surface area (Å²) >= 11 is 0. The summed E-state index contributed by atoms with van der Waals surface area (Å²) in [5.74, 6) is 0.361. The summed E-state index contributed by atoms with van der Waals surface area (Å²) < 4.78 is 50.0. The number of hydrogen-bond donors (Lipinski definition) is 2. The number of aromatic nitrogens is 2. The highest BCUT2D eigenvalue weighted by Crippen LogP contribution is 2.31. The lowest BCUT2D eigenvalue weighted by Crippen LogP contribution is -2.32. The van der Waals surface area contributed by atoms with E-state index in [0.717, 1.165) is 28.5 Å². The third kappa shape index (κ3) is 5.43. The van der Waals surface area contributed by atoms with Crippen molar-refractivity contribution in [1.29, 1.82) is 0 Å². The number of benzene rings is 2. The van der Waals surface area contributed by atoms with Crippen LogP contribution >= 0.6 is 0 Å². The molecule has 0 amide bonds. The number of halogens is 3.